The maximum atomic E-state index is 12.4. The SMILES string of the molecule is CC(NC(=O)N1CCCSCC1)(C(=O)O)c1ccccc1. The van der Waals surface area contributed by atoms with Gasteiger partial charge in [-0.15, -0.1) is 0 Å². The van der Waals surface area contributed by atoms with Crippen LogP contribution in [0, 0.1) is 0 Å². The van der Waals surface area contributed by atoms with Gasteiger partial charge in [-0.25, -0.2) is 9.59 Å². The molecule has 1 aromatic carbocycles. The number of carbonyl (C=O) groups excluding carboxylic acids is 1. The molecule has 5 nitrogen and oxygen atoms in total. The van der Waals surface area contributed by atoms with Gasteiger partial charge < -0.3 is 15.3 Å². The number of benzene rings is 1. The van der Waals surface area contributed by atoms with Crippen molar-refractivity contribution in [2.24, 2.45) is 0 Å². The van der Waals surface area contributed by atoms with E-state index in [0.717, 1.165) is 17.9 Å². The molecule has 1 saturated heterocycles. The van der Waals surface area contributed by atoms with Crippen molar-refractivity contribution in [3.63, 3.8) is 0 Å². The van der Waals surface area contributed by atoms with Crippen molar-refractivity contribution >= 4 is 23.8 Å². The topological polar surface area (TPSA) is 69.6 Å². The lowest BCUT2D eigenvalue weighted by molar-refractivity contribution is -0.144. The predicted molar refractivity (Wildman–Crippen MR) is 83.5 cm³/mol. The normalized spacial score (nSPS) is 18.4. The first kappa shape index (κ1) is 15.7. The first-order valence-electron chi connectivity index (χ1n) is 6.98. The van der Waals surface area contributed by atoms with Crippen LogP contribution in [-0.4, -0.2) is 46.6 Å². The number of thioether (sulfide) groups is 1. The number of aliphatic carboxylic acids is 1. The molecule has 1 heterocycles. The number of carbonyl (C=O) groups is 2. The van der Waals surface area contributed by atoms with E-state index < -0.39 is 11.5 Å². The van der Waals surface area contributed by atoms with Crippen molar-refractivity contribution in [3.05, 3.63) is 35.9 Å². The first-order valence-corrected chi connectivity index (χ1v) is 8.13. The van der Waals surface area contributed by atoms with Crippen molar-refractivity contribution in [2.45, 2.75) is 18.9 Å². The second kappa shape index (κ2) is 6.85. The summed E-state index contributed by atoms with van der Waals surface area (Å²) in [6, 6.07) is 8.47. The first-order chi connectivity index (χ1) is 10.0. The Morgan fingerprint density at radius 2 is 1.95 bits per heavy atom. The molecule has 0 saturated carbocycles. The average Bonchev–Trinajstić information content (AvgIpc) is 2.77. The van der Waals surface area contributed by atoms with Crippen molar-refractivity contribution < 1.29 is 14.7 Å². The lowest BCUT2D eigenvalue weighted by Crippen LogP contribution is -2.54. The minimum absolute atomic E-state index is 0.314. The third kappa shape index (κ3) is 3.69. The highest BCUT2D eigenvalue weighted by Crippen LogP contribution is 2.22. The number of carboxylic acids is 1. The van der Waals surface area contributed by atoms with Crippen molar-refractivity contribution in [3.8, 4) is 0 Å². The molecule has 1 aromatic rings. The third-order valence-electron chi connectivity index (χ3n) is 3.65. The number of hydrogen-bond acceptors (Lipinski definition) is 3. The molecular formula is C15H20N2O3S. The summed E-state index contributed by atoms with van der Waals surface area (Å²) in [5.41, 5.74) is -0.854. The van der Waals surface area contributed by atoms with Crippen molar-refractivity contribution in [1.29, 1.82) is 0 Å². The molecule has 6 heteroatoms. The molecule has 2 N–H and O–H groups in total. The van der Waals surface area contributed by atoms with Crippen LogP contribution in [0.1, 0.15) is 18.9 Å². The number of carboxylic acid groups (broad SMARTS) is 1. The van der Waals surface area contributed by atoms with Crippen LogP contribution < -0.4 is 5.32 Å². The summed E-state index contributed by atoms with van der Waals surface area (Å²) in [5, 5.41) is 12.2. The van der Waals surface area contributed by atoms with Crippen LogP contribution in [0.4, 0.5) is 4.79 Å². The van der Waals surface area contributed by atoms with E-state index in [4.69, 9.17) is 0 Å². The predicted octanol–water partition coefficient (Wildman–Crippen LogP) is 2.13. The summed E-state index contributed by atoms with van der Waals surface area (Å²) in [7, 11) is 0. The average molecular weight is 308 g/mol. The highest BCUT2D eigenvalue weighted by atomic mass is 32.2. The summed E-state index contributed by atoms with van der Waals surface area (Å²) < 4.78 is 0. The zero-order chi connectivity index (χ0) is 15.3. The number of nitrogens with one attached hydrogen (secondary N) is 1. The Morgan fingerprint density at radius 1 is 1.24 bits per heavy atom. The summed E-state index contributed by atoms with van der Waals surface area (Å²) in [4.78, 5) is 25.8. The van der Waals surface area contributed by atoms with E-state index in [0.29, 0.717) is 18.7 Å². The molecule has 2 amide bonds. The van der Waals surface area contributed by atoms with Crippen LogP contribution >= 0.6 is 11.8 Å². The van der Waals surface area contributed by atoms with Gasteiger partial charge in [0.15, 0.2) is 5.54 Å². The fourth-order valence-corrected chi connectivity index (χ4v) is 3.15. The van der Waals surface area contributed by atoms with Crippen molar-refractivity contribution in [2.75, 3.05) is 24.6 Å². The molecule has 0 aromatic heterocycles. The Morgan fingerprint density at radius 3 is 2.62 bits per heavy atom. The fourth-order valence-electron chi connectivity index (χ4n) is 2.26. The molecule has 0 bridgehead atoms. The molecule has 1 aliphatic heterocycles. The molecule has 0 radical (unpaired) electrons. The Labute approximate surface area is 128 Å². The molecule has 1 aliphatic rings. The van der Waals surface area contributed by atoms with Gasteiger partial charge in [-0.2, -0.15) is 11.8 Å². The van der Waals surface area contributed by atoms with E-state index in [1.807, 2.05) is 17.8 Å². The molecule has 1 unspecified atom stereocenters. The van der Waals surface area contributed by atoms with Gasteiger partial charge in [0.2, 0.25) is 0 Å². The number of amides is 2. The van der Waals surface area contributed by atoms with Gasteiger partial charge in [-0.05, 0) is 24.7 Å². The largest absolute Gasteiger partial charge is 0.479 e. The second-order valence-corrected chi connectivity index (χ2v) is 6.40. The lowest BCUT2D eigenvalue weighted by atomic mass is 9.92. The number of nitrogens with zero attached hydrogens (tertiary/aromatic N) is 1. The zero-order valence-corrected chi connectivity index (χ0v) is 12.9. The molecular weight excluding hydrogens is 288 g/mol. The van der Waals surface area contributed by atoms with E-state index in [9.17, 15) is 14.7 Å². The van der Waals surface area contributed by atoms with Crippen LogP contribution in [0.5, 0.6) is 0 Å². The monoisotopic (exact) mass is 308 g/mol. The van der Waals surface area contributed by atoms with E-state index in [2.05, 4.69) is 5.32 Å². The van der Waals surface area contributed by atoms with Crippen LogP contribution in [0.15, 0.2) is 30.3 Å². The van der Waals surface area contributed by atoms with Gasteiger partial charge in [-0.3, -0.25) is 0 Å². The van der Waals surface area contributed by atoms with E-state index in [1.165, 1.54) is 6.92 Å². The van der Waals surface area contributed by atoms with Gasteiger partial charge in [0.1, 0.15) is 0 Å². The number of rotatable bonds is 3. The molecule has 0 spiro atoms. The Balaban J connectivity index is 2.16. The minimum atomic E-state index is -1.42. The highest BCUT2D eigenvalue weighted by molar-refractivity contribution is 7.99. The Kier molecular flexibility index (Phi) is 5.12. The van der Waals surface area contributed by atoms with Crippen LogP contribution in [0.2, 0.25) is 0 Å². The molecule has 1 fully saturated rings. The summed E-state index contributed by atoms with van der Waals surface area (Å²) in [6.07, 6.45) is 0.938. The lowest BCUT2D eigenvalue weighted by Gasteiger charge is -2.30. The second-order valence-electron chi connectivity index (χ2n) is 5.18. The number of urea groups is 1. The van der Waals surface area contributed by atoms with Crippen LogP contribution in [0.3, 0.4) is 0 Å². The van der Waals surface area contributed by atoms with Crippen molar-refractivity contribution in [1.82, 2.24) is 10.2 Å². The van der Waals surface area contributed by atoms with Gasteiger partial charge in [0.05, 0.1) is 0 Å². The number of hydrogen-bond donors (Lipinski definition) is 2. The molecule has 114 valence electrons. The zero-order valence-electron chi connectivity index (χ0n) is 12.0. The molecule has 0 aliphatic carbocycles. The van der Waals surface area contributed by atoms with Crippen LogP contribution in [0.25, 0.3) is 0 Å². The quantitative estimate of drug-likeness (QED) is 0.897. The summed E-state index contributed by atoms with van der Waals surface area (Å²) in [5.74, 6) is 0.868. The van der Waals surface area contributed by atoms with E-state index in [1.54, 1.807) is 29.2 Å². The van der Waals surface area contributed by atoms with Crippen LogP contribution in [-0.2, 0) is 10.3 Å². The van der Waals surface area contributed by atoms with Gasteiger partial charge >= 0.3 is 12.0 Å². The van der Waals surface area contributed by atoms with Gasteiger partial charge in [-0.1, -0.05) is 30.3 Å². The standard InChI is InChI=1S/C15H20N2O3S/c1-15(13(18)19,12-6-3-2-4-7-12)16-14(20)17-8-5-10-21-11-9-17/h2-4,6-7H,5,8-11H2,1H3,(H,16,20)(H,18,19). The Hall–Kier alpha value is -1.69. The Bertz CT molecular complexity index is 501. The highest BCUT2D eigenvalue weighted by Gasteiger charge is 2.38. The third-order valence-corrected chi connectivity index (χ3v) is 4.69. The summed E-state index contributed by atoms with van der Waals surface area (Å²) >= 11 is 1.82. The van der Waals surface area contributed by atoms with E-state index >= 15 is 0 Å². The fraction of sp³-hybridized carbons (Fsp3) is 0.467. The summed E-state index contributed by atoms with van der Waals surface area (Å²) in [6.45, 7) is 2.85. The molecule has 1 atom stereocenters. The maximum Gasteiger partial charge on any atom is 0.333 e. The van der Waals surface area contributed by atoms with Gasteiger partial charge in [0, 0.05) is 18.8 Å². The smallest absolute Gasteiger partial charge is 0.333 e. The minimum Gasteiger partial charge on any atom is -0.479 e. The molecule has 2 rings (SSSR count). The van der Waals surface area contributed by atoms with Gasteiger partial charge in [0.25, 0.3) is 0 Å². The molecule has 21 heavy (non-hydrogen) atoms. The maximum absolute atomic E-state index is 12.4. The van der Waals surface area contributed by atoms with E-state index in [-0.39, 0.29) is 6.03 Å².